The van der Waals surface area contributed by atoms with Crippen LogP contribution in [0, 0.1) is 13.8 Å². The van der Waals surface area contributed by atoms with Crippen LogP contribution < -0.4 is 20.1 Å². The van der Waals surface area contributed by atoms with Crippen molar-refractivity contribution >= 4 is 43.8 Å². The molecule has 0 saturated heterocycles. The number of carboxylic acids is 2. The van der Waals surface area contributed by atoms with Crippen LogP contribution in [-0.4, -0.2) is 34.2 Å². The Balaban J connectivity index is 1.42. The molecule has 0 bridgehead atoms. The number of halogens is 2. The molecule has 4 aromatic carbocycles. The van der Waals surface area contributed by atoms with Crippen molar-refractivity contribution in [3.8, 4) is 22.6 Å². The molecular formula is C36H38Br2N2O6. The largest absolute Gasteiger partial charge is 0.488 e. The van der Waals surface area contributed by atoms with Crippen LogP contribution >= 0.6 is 31.9 Å². The molecule has 0 spiro atoms. The lowest BCUT2D eigenvalue weighted by molar-refractivity contribution is -0.140. The summed E-state index contributed by atoms with van der Waals surface area (Å²) in [5, 5.41) is 24.1. The molecule has 10 heteroatoms. The van der Waals surface area contributed by atoms with Crippen molar-refractivity contribution < 1.29 is 29.3 Å². The second kappa shape index (κ2) is 16.2. The highest BCUT2D eigenvalue weighted by molar-refractivity contribution is 9.10. The van der Waals surface area contributed by atoms with E-state index in [0.29, 0.717) is 37.8 Å². The van der Waals surface area contributed by atoms with Gasteiger partial charge < -0.3 is 30.3 Å². The summed E-state index contributed by atoms with van der Waals surface area (Å²) in [5.74, 6) is -0.356. The molecule has 46 heavy (non-hydrogen) atoms. The Morgan fingerprint density at radius 1 is 0.674 bits per heavy atom. The molecule has 0 amide bonds. The van der Waals surface area contributed by atoms with Crippen molar-refractivity contribution in [2.45, 2.75) is 66.1 Å². The maximum atomic E-state index is 11.1. The quantitative estimate of drug-likeness (QED) is 0.0973. The van der Waals surface area contributed by atoms with Gasteiger partial charge in [-0.15, -0.1) is 0 Å². The maximum Gasteiger partial charge on any atom is 0.320 e. The Morgan fingerprint density at radius 3 is 1.41 bits per heavy atom. The fraction of sp³-hybridized carbons (Fsp3) is 0.278. The molecule has 0 fully saturated rings. The third-order valence-corrected chi connectivity index (χ3v) is 9.15. The third kappa shape index (κ3) is 9.19. The third-order valence-electron chi connectivity index (χ3n) is 7.91. The Morgan fingerprint density at radius 2 is 1.07 bits per heavy atom. The van der Waals surface area contributed by atoms with E-state index in [4.69, 9.17) is 19.7 Å². The van der Waals surface area contributed by atoms with Gasteiger partial charge >= 0.3 is 11.9 Å². The standard InChI is InChI=1S/C36H38Br2N2O6/c1-21-27(19-45-33-13-11-25(15-31(33)37)17-39-23(3)35(41)42)7-5-9-29(21)30-10-6-8-28(22(30)2)20-46-34-14-12-26(16-32(34)38)18-40-24(4)36(43)44/h5-16,23-24,39-40H,17-20H2,1-4H3,(H,41,42)(H,43,44). The lowest BCUT2D eigenvalue weighted by Crippen LogP contribution is -2.33. The van der Waals surface area contributed by atoms with Crippen LogP contribution in [0.2, 0.25) is 0 Å². The van der Waals surface area contributed by atoms with Gasteiger partial charge in [-0.3, -0.25) is 9.59 Å². The Kier molecular flexibility index (Phi) is 12.4. The predicted molar refractivity (Wildman–Crippen MR) is 186 cm³/mol. The molecule has 0 aromatic heterocycles. The molecule has 2 unspecified atom stereocenters. The Hall–Kier alpha value is -3.70. The van der Waals surface area contributed by atoms with Crippen molar-refractivity contribution in [3.63, 3.8) is 0 Å². The molecule has 0 aliphatic rings. The van der Waals surface area contributed by atoms with Gasteiger partial charge in [0.15, 0.2) is 0 Å². The molecule has 4 N–H and O–H groups in total. The van der Waals surface area contributed by atoms with Gasteiger partial charge in [0.25, 0.3) is 0 Å². The highest BCUT2D eigenvalue weighted by Crippen LogP contribution is 2.33. The molecule has 0 heterocycles. The predicted octanol–water partition coefficient (Wildman–Crippen LogP) is 7.78. The van der Waals surface area contributed by atoms with E-state index < -0.39 is 24.0 Å². The second-order valence-corrected chi connectivity index (χ2v) is 12.9. The van der Waals surface area contributed by atoms with E-state index >= 15 is 0 Å². The molecule has 4 aromatic rings. The van der Waals surface area contributed by atoms with Gasteiger partial charge in [-0.05, 0) is 128 Å². The van der Waals surface area contributed by atoms with E-state index in [2.05, 4.69) is 80.6 Å². The first kappa shape index (κ1) is 35.2. The summed E-state index contributed by atoms with van der Waals surface area (Å²) >= 11 is 7.19. The molecule has 0 saturated carbocycles. The second-order valence-electron chi connectivity index (χ2n) is 11.2. The monoisotopic (exact) mass is 752 g/mol. The SMILES string of the molecule is Cc1c(COc2ccc(CNC(C)C(=O)O)cc2Br)cccc1-c1cccc(COc2ccc(CNC(C)C(=O)O)cc2Br)c1C. The van der Waals surface area contributed by atoms with E-state index in [1.54, 1.807) is 13.8 Å². The minimum Gasteiger partial charge on any atom is -0.488 e. The summed E-state index contributed by atoms with van der Waals surface area (Å²) in [7, 11) is 0. The van der Waals surface area contributed by atoms with Crippen molar-refractivity contribution in [2.75, 3.05) is 0 Å². The van der Waals surface area contributed by atoms with E-state index in [1.165, 1.54) is 0 Å². The van der Waals surface area contributed by atoms with Crippen LogP contribution in [0.5, 0.6) is 11.5 Å². The van der Waals surface area contributed by atoms with Crippen LogP contribution in [0.4, 0.5) is 0 Å². The van der Waals surface area contributed by atoms with E-state index in [0.717, 1.165) is 53.5 Å². The topological polar surface area (TPSA) is 117 Å². The van der Waals surface area contributed by atoms with Gasteiger partial charge in [-0.1, -0.05) is 48.5 Å². The minimum atomic E-state index is -0.887. The summed E-state index contributed by atoms with van der Waals surface area (Å²) in [5.41, 5.74) is 8.57. The number of nitrogens with one attached hydrogen (secondary N) is 2. The maximum absolute atomic E-state index is 11.1. The molecule has 0 radical (unpaired) electrons. The Labute approximate surface area is 286 Å². The number of aliphatic carboxylic acids is 2. The van der Waals surface area contributed by atoms with Crippen molar-refractivity contribution in [1.82, 2.24) is 10.6 Å². The fourth-order valence-electron chi connectivity index (χ4n) is 4.83. The summed E-state index contributed by atoms with van der Waals surface area (Å²) in [6.45, 7) is 9.10. The number of hydrogen-bond donors (Lipinski definition) is 4. The summed E-state index contributed by atoms with van der Waals surface area (Å²) in [4.78, 5) is 22.2. The Bertz CT molecular complexity index is 1590. The average molecular weight is 755 g/mol. The zero-order chi connectivity index (χ0) is 33.4. The number of hydrogen-bond acceptors (Lipinski definition) is 6. The first-order chi connectivity index (χ1) is 21.9. The number of carbonyl (C=O) groups is 2. The van der Waals surface area contributed by atoms with Gasteiger partial charge in [0, 0.05) is 13.1 Å². The summed E-state index contributed by atoms with van der Waals surface area (Å²) < 4.78 is 14.0. The lowest BCUT2D eigenvalue weighted by atomic mass is 9.92. The zero-order valence-corrected chi connectivity index (χ0v) is 29.4. The average Bonchev–Trinajstić information content (AvgIpc) is 3.02. The van der Waals surface area contributed by atoms with Gasteiger partial charge in [0.05, 0.1) is 8.95 Å². The van der Waals surface area contributed by atoms with E-state index in [9.17, 15) is 9.59 Å². The van der Waals surface area contributed by atoms with Gasteiger partial charge in [0.1, 0.15) is 36.8 Å². The fourth-order valence-corrected chi connectivity index (χ4v) is 5.91. The first-order valence-electron chi connectivity index (χ1n) is 14.9. The number of rotatable bonds is 15. The highest BCUT2D eigenvalue weighted by Gasteiger charge is 2.15. The molecule has 0 aliphatic heterocycles. The van der Waals surface area contributed by atoms with Gasteiger partial charge in [-0.25, -0.2) is 0 Å². The molecule has 2 atom stereocenters. The summed E-state index contributed by atoms with van der Waals surface area (Å²) in [6, 6.07) is 22.7. The minimum absolute atomic E-state index is 0.391. The number of benzene rings is 4. The van der Waals surface area contributed by atoms with E-state index in [1.807, 2.05) is 48.5 Å². The first-order valence-corrected chi connectivity index (χ1v) is 16.4. The number of carboxylic acid groups (broad SMARTS) is 2. The van der Waals surface area contributed by atoms with Gasteiger partial charge in [-0.2, -0.15) is 0 Å². The normalized spacial score (nSPS) is 12.4. The summed E-state index contributed by atoms with van der Waals surface area (Å²) in [6.07, 6.45) is 0. The van der Waals surface area contributed by atoms with Crippen LogP contribution in [0.25, 0.3) is 11.1 Å². The van der Waals surface area contributed by atoms with Crippen LogP contribution in [0.15, 0.2) is 81.7 Å². The van der Waals surface area contributed by atoms with Crippen molar-refractivity contribution in [2.24, 2.45) is 0 Å². The van der Waals surface area contributed by atoms with Crippen LogP contribution in [0.3, 0.4) is 0 Å². The lowest BCUT2D eigenvalue weighted by Gasteiger charge is -2.17. The molecular weight excluding hydrogens is 716 g/mol. The smallest absolute Gasteiger partial charge is 0.320 e. The van der Waals surface area contributed by atoms with Crippen molar-refractivity contribution in [1.29, 1.82) is 0 Å². The number of ether oxygens (including phenoxy) is 2. The molecule has 0 aliphatic carbocycles. The van der Waals surface area contributed by atoms with Crippen molar-refractivity contribution in [3.05, 3.63) is 115 Å². The molecule has 4 rings (SSSR count). The van der Waals surface area contributed by atoms with E-state index in [-0.39, 0.29) is 0 Å². The highest BCUT2D eigenvalue weighted by atomic mass is 79.9. The molecule has 8 nitrogen and oxygen atoms in total. The molecule has 242 valence electrons. The van der Waals surface area contributed by atoms with Crippen LogP contribution in [0.1, 0.15) is 47.2 Å². The zero-order valence-electron chi connectivity index (χ0n) is 26.2. The van der Waals surface area contributed by atoms with Crippen LogP contribution in [-0.2, 0) is 35.9 Å². The van der Waals surface area contributed by atoms with Gasteiger partial charge in [0.2, 0.25) is 0 Å².